The maximum absolute atomic E-state index is 12.5. The van der Waals surface area contributed by atoms with Crippen LogP contribution in [-0.2, 0) is 4.74 Å². The summed E-state index contributed by atoms with van der Waals surface area (Å²) in [7, 11) is 0. The molecule has 0 radical (unpaired) electrons. The van der Waals surface area contributed by atoms with Gasteiger partial charge in [-0.15, -0.1) is 0 Å². The second kappa shape index (κ2) is 11.4. The Bertz CT molecular complexity index is 908. The van der Waals surface area contributed by atoms with Crippen LogP contribution in [0.2, 0.25) is 0 Å². The van der Waals surface area contributed by atoms with Crippen molar-refractivity contribution in [3.63, 3.8) is 0 Å². The van der Waals surface area contributed by atoms with Gasteiger partial charge in [-0.05, 0) is 82.4 Å². The van der Waals surface area contributed by atoms with Crippen LogP contribution in [0, 0.1) is 0 Å². The molecule has 0 atom stereocenters. The molecule has 0 saturated carbocycles. The lowest BCUT2D eigenvalue weighted by Gasteiger charge is -2.20. The monoisotopic (exact) mass is 443 g/mol. The fraction of sp³-hybridized carbons (Fsp3) is 0.348. The standard InChI is InChI=1S/C23H29N3O4S/c1-5-29-13-14-30-19-8-6-7-17(15-19)20(27)25-22(31)24-18-11-9-16(10-12-18)21(28)26-23(2,3)4/h6-12,15H,5,13-14H2,1-4H3,(H,26,28)(H2,24,25,27,31). The van der Waals surface area contributed by atoms with E-state index < -0.39 is 0 Å². The van der Waals surface area contributed by atoms with Gasteiger partial charge in [0.15, 0.2) is 5.11 Å². The topological polar surface area (TPSA) is 88.7 Å². The third kappa shape index (κ3) is 8.74. The van der Waals surface area contributed by atoms with E-state index in [-0.39, 0.29) is 22.5 Å². The molecule has 2 aromatic carbocycles. The van der Waals surface area contributed by atoms with Gasteiger partial charge >= 0.3 is 0 Å². The number of nitrogens with one attached hydrogen (secondary N) is 3. The van der Waals surface area contributed by atoms with Crippen LogP contribution in [0.4, 0.5) is 5.69 Å². The highest BCUT2D eigenvalue weighted by molar-refractivity contribution is 7.80. The minimum atomic E-state index is -0.353. The number of rotatable bonds is 8. The van der Waals surface area contributed by atoms with Gasteiger partial charge in [0.05, 0.1) is 6.61 Å². The van der Waals surface area contributed by atoms with E-state index in [9.17, 15) is 9.59 Å². The molecule has 0 saturated heterocycles. The van der Waals surface area contributed by atoms with E-state index >= 15 is 0 Å². The number of thiocarbonyl (C=S) groups is 1. The smallest absolute Gasteiger partial charge is 0.257 e. The molecule has 166 valence electrons. The number of ether oxygens (including phenoxy) is 2. The van der Waals surface area contributed by atoms with Crippen LogP contribution in [0.3, 0.4) is 0 Å². The lowest BCUT2D eigenvalue weighted by Crippen LogP contribution is -2.40. The highest BCUT2D eigenvalue weighted by Crippen LogP contribution is 2.14. The van der Waals surface area contributed by atoms with Crippen LogP contribution in [0.15, 0.2) is 48.5 Å². The molecule has 0 spiro atoms. The molecule has 8 heteroatoms. The molecule has 2 aromatic rings. The normalized spacial score (nSPS) is 10.8. The lowest BCUT2D eigenvalue weighted by atomic mass is 10.1. The minimum Gasteiger partial charge on any atom is -0.491 e. The number of benzene rings is 2. The van der Waals surface area contributed by atoms with Crippen molar-refractivity contribution < 1.29 is 19.1 Å². The first kappa shape index (κ1) is 24.3. The quantitative estimate of drug-likeness (QED) is 0.425. The van der Waals surface area contributed by atoms with Gasteiger partial charge in [0, 0.05) is 29.0 Å². The second-order valence-corrected chi connectivity index (χ2v) is 8.17. The summed E-state index contributed by atoms with van der Waals surface area (Å²) in [5, 5.41) is 8.63. The zero-order valence-electron chi connectivity index (χ0n) is 18.3. The van der Waals surface area contributed by atoms with Gasteiger partial charge in [-0.2, -0.15) is 0 Å². The van der Waals surface area contributed by atoms with E-state index in [1.807, 2.05) is 27.7 Å². The van der Waals surface area contributed by atoms with Crippen LogP contribution in [-0.4, -0.2) is 42.3 Å². The van der Waals surface area contributed by atoms with Crippen molar-refractivity contribution in [2.24, 2.45) is 0 Å². The first-order valence-electron chi connectivity index (χ1n) is 10.0. The van der Waals surface area contributed by atoms with Crippen LogP contribution >= 0.6 is 12.2 Å². The van der Waals surface area contributed by atoms with Crippen LogP contribution < -0.4 is 20.7 Å². The highest BCUT2D eigenvalue weighted by Gasteiger charge is 2.15. The Hall–Kier alpha value is -2.97. The van der Waals surface area contributed by atoms with Gasteiger partial charge in [-0.25, -0.2) is 0 Å². The molecule has 2 amide bonds. The Labute approximate surface area is 188 Å². The third-order valence-electron chi connectivity index (χ3n) is 3.92. The predicted molar refractivity (Wildman–Crippen MR) is 126 cm³/mol. The predicted octanol–water partition coefficient (Wildman–Crippen LogP) is 3.76. The number of amides is 2. The van der Waals surface area contributed by atoms with E-state index in [0.29, 0.717) is 42.4 Å². The summed E-state index contributed by atoms with van der Waals surface area (Å²) in [6.45, 7) is 9.20. The zero-order valence-corrected chi connectivity index (χ0v) is 19.1. The molecule has 0 unspecified atom stereocenters. The van der Waals surface area contributed by atoms with Crippen molar-refractivity contribution in [2.45, 2.75) is 33.2 Å². The average molecular weight is 444 g/mol. The largest absolute Gasteiger partial charge is 0.491 e. The van der Waals surface area contributed by atoms with E-state index in [0.717, 1.165) is 0 Å². The van der Waals surface area contributed by atoms with E-state index in [1.54, 1.807) is 48.5 Å². The summed E-state index contributed by atoms with van der Waals surface area (Å²) < 4.78 is 10.8. The summed E-state index contributed by atoms with van der Waals surface area (Å²) in [6, 6.07) is 13.7. The maximum atomic E-state index is 12.5. The Balaban J connectivity index is 1.89. The Kier molecular flexibility index (Phi) is 8.96. The van der Waals surface area contributed by atoms with Crippen molar-refractivity contribution in [3.8, 4) is 5.75 Å². The molecule has 0 aromatic heterocycles. The number of carbonyl (C=O) groups is 2. The number of hydrogen-bond acceptors (Lipinski definition) is 5. The summed E-state index contributed by atoms with van der Waals surface area (Å²) >= 11 is 5.23. The van der Waals surface area contributed by atoms with Crippen molar-refractivity contribution in [1.29, 1.82) is 0 Å². The molecule has 0 heterocycles. The zero-order chi connectivity index (χ0) is 22.9. The SMILES string of the molecule is CCOCCOc1cccc(C(=O)NC(=S)Nc2ccc(C(=O)NC(C)(C)C)cc2)c1. The summed E-state index contributed by atoms with van der Waals surface area (Å²) in [5.74, 6) is 0.0718. The molecule has 0 fully saturated rings. The molecule has 31 heavy (non-hydrogen) atoms. The van der Waals surface area contributed by atoms with Gasteiger partial charge < -0.3 is 20.1 Å². The van der Waals surface area contributed by atoms with Crippen LogP contribution in [0.5, 0.6) is 5.75 Å². The first-order chi connectivity index (χ1) is 14.7. The van der Waals surface area contributed by atoms with Gasteiger partial charge in [-0.1, -0.05) is 6.07 Å². The van der Waals surface area contributed by atoms with E-state index in [4.69, 9.17) is 21.7 Å². The number of hydrogen-bond donors (Lipinski definition) is 3. The molecule has 0 aliphatic carbocycles. The van der Waals surface area contributed by atoms with Crippen molar-refractivity contribution in [1.82, 2.24) is 10.6 Å². The molecule has 0 bridgehead atoms. The average Bonchev–Trinajstić information content (AvgIpc) is 2.70. The van der Waals surface area contributed by atoms with Gasteiger partial charge in [0.1, 0.15) is 12.4 Å². The minimum absolute atomic E-state index is 0.152. The lowest BCUT2D eigenvalue weighted by molar-refractivity contribution is 0.0918. The molecule has 0 aliphatic heterocycles. The fourth-order valence-corrected chi connectivity index (χ4v) is 2.76. The number of anilines is 1. The van der Waals surface area contributed by atoms with E-state index in [2.05, 4.69) is 16.0 Å². The van der Waals surface area contributed by atoms with Crippen molar-refractivity contribution >= 4 is 34.8 Å². The van der Waals surface area contributed by atoms with Crippen LogP contribution in [0.25, 0.3) is 0 Å². The summed E-state index contributed by atoms with van der Waals surface area (Å²) in [4.78, 5) is 24.7. The fourth-order valence-electron chi connectivity index (χ4n) is 2.55. The van der Waals surface area contributed by atoms with Crippen molar-refractivity contribution in [2.75, 3.05) is 25.1 Å². The van der Waals surface area contributed by atoms with Crippen LogP contribution in [0.1, 0.15) is 48.4 Å². The molecular weight excluding hydrogens is 414 g/mol. The summed E-state index contributed by atoms with van der Waals surface area (Å²) in [5.41, 5.74) is 1.31. The Morgan fingerprint density at radius 3 is 2.32 bits per heavy atom. The molecular formula is C23H29N3O4S. The molecule has 7 nitrogen and oxygen atoms in total. The third-order valence-corrected chi connectivity index (χ3v) is 4.12. The summed E-state index contributed by atoms with van der Waals surface area (Å²) in [6.07, 6.45) is 0. The van der Waals surface area contributed by atoms with E-state index in [1.165, 1.54) is 0 Å². The maximum Gasteiger partial charge on any atom is 0.257 e. The second-order valence-electron chi connectivity index (χ2n) is 7.76. The van der Waals surface area contributed by atoms with Gasteiger partial charge in [0.2, 0.25) is 0 Å². The molecule has 3 N–H and O–H groups in total. The first-order valence-corrected chi connectivity index (χ1v) is 10.4. The molecule has 0 aliphatic rings. The molecule has 2 rings (SSSR count). The Morgan fingerprint density at radius 2 is 1.68 bits per heavy atom. The van der Waals surface area contributed by atoms with Gasteiger partial charge in [-0.3, -0.25) is 14.9 Å². The van der Waals surface area contributed by atoms with Crippen molar-refractivity contribution in [3.05, 3.63) is 59.7 Å². The van der Waals surface area contributed by atoms with Gasteiger partial charge in [0.25, 0.3) is 11.8 Å². The Morgan fingerprint density at radius 1 is 0.968 bits per heavy atom. The highest BCUT2D eigenvalue weighted by atomic mass is 32.1. The number of carbonyl (C=O) groups excluding carboxylic acids is 2.